The Morgan fingerprint density at radius 3 is 2.70 bits per heavy atom. The van der Waals surface area contributed by atoms with Crippen LogP contribution in [0.25, 0.3) is 0 Å². The lowest BCUT2D eigenvalue weighted by Gasteiger charge is -2.34. The molecule has 3 heterocycles. The first-order valence-corrected chi connectivity index (χ1v) is 9.09. The molecule has 7 nitrogen and oxygen atoms in total. The second-order valence-electron chi connectivity index (χ2n) is 6.11. The topological polar surface area (TPSA) is 70.5 Å². The molecule has 2 fully saturated rings. The van der Waals surface area contributed by atoms with E-state index in [1.807, 2.05) is 17.8 Å². The van der Waals surface area contributed by atoms with Crippen LogP contribution in [0.4, 0.5) is 5.95 Å². The van der Waals surface area contributed by atoms with Gasteiger partial charge >= 0.3 is 0 Å². The first-order valence-electron chi connectivity index (χ1n) is 7.94. The number of amides is 2. The number of imidazole rings is 1. The van der Waals surface area contributed by atoms with Crippen molar-refractivity contribution < 1.29 is 9.59 Å². The third kappa shape index (κ3) is 3.46. The van der Waals surface area contributed by atoms with Gasteiger partial charge in [-0.3, -0.25) is 9.59 Å². The number of anilines is 1. The number of carbonyl (C=O) groups excluding carboxylic acids is 2. The van der Waals surface area contributed by atoms with Crippen LogP contribution in [0.2, 0.25) is 0 Å². The fraction of sp³-hybridized carbons (Fsp3) is 0.667. The molecule has 0 saturated carbocycles. The summed E-state index contributed by atoms with van der Waals surface area (Å²) in [7, 11) is 1.99. The predicted octanol–water partition coefficient (Wildman–Crippen LogP) is 0.427. The first kappa shape index (κ1) is 16.2. The number of carbonyl (C=O) groups is 2. The van der Waals surface area contributed by atoms with E-state index < -0.39 is 0 Å². The minimum Gasteiger partial charge on any atom is -0.351 e. The Kier molecular flexibility index (Phi) is 4.79. The smallest absolute Gasteiger partial charge is 0.243 e. The lowest BCUT2D eigenvalue weighted by atomic mass is 10.0. The van der Waals surface area contributed by atoms with Gasteiger partial charge in [0.05, 0.1) is 5.88 Å². The van der Waals surface area contributed by atoms with Crippen LogP contribution in [-0.4, -0.2) is 63.1 Å². The van der Waals surface area contributed by atoms with Crippen LogP contribution in [-0.2, 0) is 16.6 Å². The molecule has 0 aromatic carbocycles. The van der Waals surface area contributed by atoms with Gasteiger partial charge in [0, 0.05) is 51.2 Å². The van der Waals surface area contributed by atoms with Crippen LogP contribution >= 0.6 is 11.8 Å². The summed E-state index contributed by atoms with van der Waals surface area (Å²) in [6, 6.07) is -0.136. The molecule has 0 spiro atoms. The van der Waals surface area contributed by atoms with Gasteiger partial charge < -0.3 is 19.7 Å². The molecule has 2 saturated heterocycles. The highest BCUT2D eigenvalue weighted by molar-refractivity contribution is 7.99. The second kappa shape index (κ2) is 6.82. The average Bonchev–Trinajstić information content (AvgIpc) is 3.17. The summed E-state index contributed by atoms with van der Waals surface area (Å²) in [5.41, 5.74) is 0. The third-order valence-electron chi connectivity index (χ3n) is 4.51. The highest BCUT2D eigenvalue weighted by atomic mass is 32.2. The third-order valence-corrected chi connectivity index (χ3v) is 5.52. The van der Waals surface area contributed by atoms with Gasteiger partial charge in [-0.2, -0.15) is 0 Å². The van der Waals surface area contributed by atoms with Crippen LogP contribution < -0.4 is 10.2 Å². The molecule has 8 heteroatoms. The lowest BCUT2D eigenvalue weighted by molar-refractivity contribution is -0.136. The van der Waals surface area contributed by atoms with Crippen molar-refractivity contribution in [3.8, 4) is 0 Å². The monoisotopic (exact) mass is 337 g/mol. The van der Waals surface area contributed by atoms with E-state index in [1.54, 1.807) is 22.9 Å². The maximum absolute atomic E-state index is 12.4. The molecule has 1 aromatic rings. The Bertz CT molecular complexity index is 582. The number of rotatable bonds is 3. The number of aryl methyl sites for hydroxylation is 1. The summed E-state index contributed by atoms with van der Waals surface area (Å²) in [5, 5.41) is 3.13. The molecule has 23 heavy (non-hydrogen) atoms. The van der Waals surface area contributed by atoms with Crippen molar-refractivity contribution in [1.29, 1.82) is 0 Å². The molecule has 0 aliphatic carbocycles. The van der Waals surface area contributed by atoms with Gasteiger partial charge in [0.15, 0.2) is 0 Å². The number of nitrogens with one attached hydrogen (secondary N) is 1. The average molecular weight is 337 g/mol. The van der Waals surface area contributed by atoms with E-state index in [0.29, 0.717) is 11.6 Å². The lowest BCUT2D eigenvalue weighted by Crippen LogP contribution is -2.52. The van der Waals surface area contributed by atoms with Crippen molar-refractivity contribution in [1.82, 2.24) is 19.8 Å². The normalized spacial score (nSPS) is 22.4. The number of hydrogen-bond acceptors (Lipinski definition) is 5. The standard InChI is InChI=1S/C15H23N5O2S/c1-11(21)20-10-23-9-13(20)14(22)17-12-3-6-19(7-4-12)15-16-5-8-18(15)2/h5,8,12-13H,3-4,6-7,9-10H2,1-2H3,(H,17,22). The van der Waals surface area contributed by atoms with Crippen LogP contribution in [0.15, 0.2) is 12.4 Å². The molecule has 126 valence electrons. The summed E-state index contributed by atoms with van der Waals surface area (Å²) in [4.78, 5) is 32.3. The first-order chi connectivity index (χ1) is 11.1. The van der Waals surface area contributed by atoms with Crippen LogP contribution in [0.5, 0.6) is 0 Å². The van der Waals surface area contributed by atoms with Crippen molar-refractivity contribution in [2.45, 2.75) is 31.8 Å². The number of nitrogens with zero attached hydrogens (tertiary/aromatic N) is 4. The quantitative estimate of drug-likeness (QED) is 0.866. The number of aromatic nitrogens is 2. The minimum atomic E-state index is -0.315. The molecule has 2 aliphatic rings. The summed E-state index contributed by atoms with van der Waals surface area (Å²) >= 11 is 1.63. The Balaban J connectivity index is 1.52. The van der Waals surface area contributed by atoms with E-state index in [0.717, 1.165) is 31.9 Å². The summed E-state index contributed by atoms with van der Waals surface area (Å²) < 4.78 is 2.01. The fourth-order valence-electron chi connectivity index (χ4n) is 3.15. The van der Waals surface area contributed by atoms with E-state index in [2.05, 4.69) is 15.2 Å². The van der Waals surface area contributed by atoms with Crippen LogP contribution in [0.3, 0.4) is 0 Å². The van der Waals surface area contributed by atoms with E-state index >= 15 is 0 Å². The van der Waals surface area contributed by atoms with E-state index in [-0.39, 0.29) is 23.9 Å². The zero-order valence-electron chi connectivity index (χ0n) is 13.6. The molecular weight excluding hydrogens is 314 g/mol. The van der Waals surface area contributed by atoms with Crippen molar-refractivity contribution in [2.75, 3.05) is 29.6 Å². The van der Waals surface area contributed by atoms with Gasteiger partial charge in [-0.05, 0) is 12.8 Å². The zero-order chi connectivity index (χ0) is 16.4. The van der Waals surface area contributed by atoms with Crippen molar-refractivity contribution >= 4 is 29.5 Å². The van der Waals surface area contributed by atoms with E-state index in [4.69, 9.17) is 0 Å². The molecule has 0 bridgehead atoms. The molecule has 3 rings (SSSR count). The molecule has 1 aromatic heterocycles. The summed E-state index contributed by atoms with van der Waals surface area (Å²) in [5.74, 6) is 2.24. The summed E-state index contributed by atoms with van der Waals surface area (Å²) in [6.45, 7) is 3.29. The maximum atomic E-state index is 12.4. The van der Waals surface area contributed by atoms with Gasteiger partial charge in [0.1, 0.15) is 6.04 Å². The largest absolute Gasteiger partial charge is 0.351 e. The van der Waals surface area contributed by atoms with Gasteiger partial charge in [-0.1, -0.05) is 0 Å². The predicted molar refractivity (Wildman–Crippen MR) is 90.2 cm³/mol. The molecule has 2 aliphatic heterocycles. The SMILES string of the molecule is CC(=O)N1CSCC1C(=O)NC1CCN(c2nccn2C)CC1. The number of hydrogen-bond donors (Lipinski definition) is 1. The Labute approximate surface area is 140 Å². The minimum absolute atomic E-state index is 0.0133. The zero-order valence-corrected chi connectivity index (χ0v) is 14.4. The van der Waals surface area contributed by atoms with Crippen LogP contribution in [0.1, 0.15) is 19.8 Å². The van der Waals surface area contributed by atoms with Crippen molar-refractivity contribution in [2.24, 2.45) is 7.05 Å². The highest BCUT2D eigenvalue weighted by Crippen LogP contribution is 2.22. The van der Waals surface area contributed by atoms with Gasteiger partial charge in [-0.25, -0.2) is 4.98 Å². The molecule has 0 radical (unpaired) electrons. The maximum Gasteiger partial charge on any atom is 0.243 e. The van der Waals surface area contributed by atoms with Gasteiger partial charge in [0.25, 0.3) is 0 Å². The molecular formula is C15H23N5O2S. The van der Waals surface area contributed by atoms with Crippen molar-refractivity contribution in [3.63, 3.8) is 0 Å². The van der Waals surface area contributed by atoms with Gasteiger partial charge in [0.2, 0.25) is 17.8 Å². The van der Waals surface area contributed by atoms with E-state index in [1.165, 1.54) is 6.92 Å². The fourth-order valence-corrected chi connectivity index (χ4v) is 4.37. The van der Waals surface area contributed by atoms with Crippen LogP contribution in [0, 0.1) is 0 Å². The van der Waals surface area contributed by atoms with Crippen molar-refractivity contribution in [3.05, 3.63) is 12.4 Å². The Morgan fingerprint density at radius 1 is 1.35 bits per heavy atom. The Hall–Kier alpha value is -1.70. The van der Waals surface area contributed by atoms with Gasteiger partial charge in [-0.15, -0.1) is 11.8 Å². The highest BCUT2D eigenvalue weighted by Gasteiger charge is 2.34. The number of thioether (sulfide) groups is 1. The molecule has 1 N–H and O–H groups in total. The molecule has 1 atom stereocenters. The number of piperidine rings is 1. The summed E-state index contributed by atoms with van der Waals surface area (Å²) in [6.07, 6.45) is 5.55. The Morgan fingerprint density at radius 2 is 2.09 bits per heavy atom. The van der Waals surface area contributed by atoms with E-state index in [9.17, 15) is 9.59 Å². The molecule has 1 unspecified atom stereocenters. The second-order valence-corrected chi connectivity index (χ2v) is 7.11. The molecule has 2 amide bonds.